The molecule has 5 nitrogen and oxygen atoms in total. The molecule has 1 N–H and O–H groups in total. The number of halogens is 2. The van der Waals surface area contributed by atoms with Crippen LogP contribution in [0, 0.1) is 0 Å². The fourth-order valence-corrected chi connectivity index (χ4v) is 2.57. The van der Waals surface area contributed by atoms with Crippen molar-refractivity contribution in [2.75, 3.05) is 6.61 Å². The molecule has 1 rings (SSSR count). The Balaban J connectivity index is 3.64. The van der Waals surface area contributed by atoms with E-state index < -0.39 is 25.5 Å². The van der Waals surface area contributed by atoms with Crippen LogP contribution in [-0.2, 0) is 9.05 Å². The Morgan fingerprint density at radius 2 is 2.06 bits per heavy atom. The van der Waals surface area contributed by atoms with Crippen molar-refractivity contribution in [3.63, 3.8) is 0 Å². The van der Waals surface area contributed by atoms with Crippen LogP contribution in [-0.4, -0.2) is 26.1 Å². The van der Waals surface area contributed by atoms with Gasteiger partial charge in [-0.3, -0.25) is 0 Å². The van der Waals surface area contributed by atoms with Gasteiger partial charge in [-0.1, -0.05) is 11.6 Å². The Bertz CT molecular complexity index is 553. The lowest BCUT2D eigenvalue weighted by atomic mass is 10.2. The molecule has 0 spiro atoms. The summed E-state index contributed by atoms with van der Waals surface area (Å²) in [5.74, 6) is -1.59. The van der Waals surface area contributed by atoms with Gasteiger partial charge in [0.1, 0.15) is 16.2 Å². The van der Waals surface area contributed by atoms with E-state index in [1.54, 1.807) is 6.92 Å². The standard InChI is InChI=1S/C9H8Cl2O5S/c1-2-16-6-3-5(10)4-7(17(11,14)15)8(6)9(12)13/h3-4H,2H2,1H3,(H,12,13). The van der Waals surface area contributed by atoms with Gasteiger partial charge in [-0.05, 0) is 19.1 Å². The minimum Gasteiger partial charge on any atom is -0.493 e. The second-order valence-electron chi connectivity index (χ2n) is 2.95. The minimum atomic E-state index is -4.21. The maximum Gasteiger partial charge on any atom is 0.340 e. The van der Waals surface area contributed by atoms with E-state index in [4.69, 9.17) is 32.1 Å². The number of carbonyl (C=O) groups is 1. The quantitative estimate of drug-likeness (QED) is 0.863. The highest BCUT2D eigenvalue weighted by Gasteiger charge is 2.25. The van der Waals surface area contributed by atoms with Gasteiger partial charge < -0.3 is 9.84 Å². The maximum atomic E-state index is 11.3. The number of benzene rings is 1. The van der Waals surface area contributed by atoms with Crippen molar-refractivity contribution in [2.24, 2.45) is 0 Å². The van der Waals surface area contributed by atoms with Gasteiger partial charge in [0.25, 0.3) is 9.05 Å². The summed E-state index contributed by atoms with van der Waals surface area (Å²) in [5.41, 5.74) is -0.522. The van der Waals surface area contributed by atoms with E-state index >= 15 is 0 Å². The molecule has 1 aromatic carbocycles. The third-order valence-electron chi connectivity index (χ3n) is 1.81. The van der Waals surface area contributed by atoms with Crippen LogP contribution in [0.5, 0.6) is 5.75 Å². The van der Waals surface area contributed by atoms with Crippen LogP contribution in [0.15, 0.2) is 17.0 Å². The lowest BCUT2D eigenvalue weighted by Crippen LogP contribution is -2.08. The predicted octanol–water partition coefficient (Wildman–Crippen LogP) is 2.36. The Morgan fingerprint density at radius 3 is 2.47 bits per heavy atom. The van der Waals surface area contributed by atoms with E-state index in [1.807, 2.05) is 0 Å². The molecule has 8 heteroatoms. The van der Waals surface area contributed by atoms with Crippen LogP contribution < -0.4 is 4.74 Å². The lowest BCUT2D eigenvalue weighted by molar-refractivity contribution is 0.0688. The first kappa shape index (κ1) is 14.1. The van der Waals surface area contributed by atoms with Gasteiger partial charge in [-0.25, -0.2) is 13.2 Å². The summed E-state index contributed by atoms with van der Waals surface area (Å²) in [6.07, 6.45) is 0. The van der Waals surface area contributed by atoms with Gasteiger partial charge in [0, 0.05) is 15.7 Å². The van der Waals surface area contributed by atoms with Crippen molar-refractivity contribution in [1.29, 1.82) is 0 Å². The summed E-state index contributed by atoms with van der Waals surface area (Å²) in [5, 5.41) is 9.01. The molecular weight excluding hydrogens is 291 g/mol. The molecule has 94 valence electrons. The van der Waals surface area contributed by atoms with Crippen molar-refractivity contribution >= 4 is 37.3 Å². The molecule has 0 aliphatic rings. The van der Waals surface area contributed by atoms with Crippen molar-refractivity contribution < 1.29 is 23.1 Å². The number of rotatable bonds is 4. The van der Waals surface area contributed by atoms with E-state index in [2.05, 4.69) is 0 Å². The molecule has 0 aliphatic heterocycles. The number of aromatic carboxylic acids is 1. The summed E-state index contributed by atoms with van der Waals surface area (Å²) >= 11 is 5.67. The van der Waals surface area contributed by atoms with Crippen molar-refractivity contribution in [1.82, 2.24) is 0 Å². The zero-order valence-corrected chi connectivity index (χ0v) is 10.9. The van der Waals surface area contributed by atoms with Crippen molar-refractivity contribution in [2.45, 2.75) is 11.8 Å². The molecule has 0 unspecified atom stereocenters. The number of carboxylic acids is 1. The number of carboxylic acid groups (broad SMARTS) is 1. The van der Waals surface area contributed by atoms with Crippen LogP contribution in [0.4, 0.5) is 0 Å². The predicted molar refractivity (Wildman–Crippen MR) is 62.6 cm³/mol. The fourth-order valence-electron chi connectivity index (χ4n) is 1.23. The second-order valence-corrected chi connectivity index (χ2v) is 5.92. The Morgan fingerprint density at radius 1 is 1.47 bits per heavy atom. The smallest absolute Gasteiger partial charge is 0.340 e. The van der Waals surface area contributed by atoms with Gasteiger partial charge in [0.2, 0.25) is 0 Å². The molecule has 1 aromatic rings. The summed E-state index contributed by atoms with van der Waals surface area (Å²) < 4.78 is 27.5. The molecule has 0 saturated heterocycles. The van der Waals surface area contributed by atoms with Gasteiger partial charge in [0.15, 0.2) is 0 Å². The first-order valence-corrected chi connectivity index (χ1v) is 7.10. The molecular formula is C9H8Cl2O5S. The molecule has 0 amide bonds. The fraction of sp³-hybridized carbons (Fsp3) is 0.222. The molecule has 0 fully saturated rings. The van der Waals surface area contributed by atoms with Crippen LogP contribution in [0.3, 0.4) is 0 Å². The third-order valence-corrected chi connectivity index (χ3v) is 3.37. The van der Waals surface area contributed by atoms with Gasteiger partial charge in [0.05, 0.1) is 6.61 Å². The summed E-state index contributed by atoms with van der Waals surface area (Å²) in [6, 6.07) is 2.19. The second kappa shape index (κ2) is 5.12. The molecule has 0 radical (unpaired) electrons. The first-order chi connectivity index (χ1) is 7.77. The molecule has 0 bridgehead atoms. The van der Waals surface area contributed by atoms with Crippen LogP contribution in [0.2, 0.25) is 5.02 Å². The summed E-state index contributed by atoms with van der Waals surface area (Å²) in [7, 11) is 0.932. The summed E-state index contributed by atoms with van der Waals surface area (Å²) in [4.78, 5) is 10.4. The van der Waals surface area contributed by atoms with E-state index in [-0.39, 0.29) is 17.4 Å². The van der Waals surface area contributed by atoms with Gasteiger partial charge in [-0.2, -0.15) is 0 Å². The highest BCUT2D eigenvalue weighted by molar-refractivity contribution is 8.13. The maximum absolute atomic E-state index is 11.3. The molecule has 0 heterocycles. The van der Waals surface area contributed by atoms with E-state index in [0.29, 0.717) is 0 Å². The third kappa shape index (κ3) is 3.24. The average Bonchev–Trinajstić information content (AvgIpc) is 2.15. The number of hydrogen-bond donors (Lipinski definition) is 1. The minimum absolute atomic E-state index is 0.0256. The van der Waals surface area contributed by atoms with Gasteiger partial charge in [-0.15, -0.1) is 0 Å². The topological polar surface area (TPSA) is 80.7 Å². The van der Waals surface area contributed by atoms with E-state index in [1.165, 1.54) is 6.07 Å². The number of ether oxygens (including phenoxy) is 1. The van der Waals surface area contributed by atoms with Crippen LogP contribution >= 0.6 is 22.3 Å². The molecule has 0 aromatic heterocycles. The Hall–Kier alpha value is -0.980. The SMILES string of the molecule is CCOc1cc(Cl)cc(S(=O)(=O)Cl)c1C(=O)O. The molecule has 17 heavy (non-hydrogen) atoms. The Kier molecular flexibility index (Phi) is 4.24. The lowest BCUT2D eigenvalue weighted by Gasteiger charge is -2.10. The Labute approximate surface area is 107 Å². The van der Waals surface area contributed by atoms with E-state index in [9.17, 15) is 13.2 Å². The monoisotopic (exact) mass is 298 g/mol. The average molecular weight is 299 g/mol. The van der Waals surface area contributed by atoms with Crippen molar-refractivity contribution in [3.05, 3.63) is 22.7 Å². The largest absolute Gasteiger partial charge is 0.493 e. The van der Waals surface area contributed by atoms with Crippen molar-refractivity contribution in [3.8, 4) is 5.75 Å². The van der Waals surface area contributed by atoms with Gasteiger partial charge >= 0.3 is 5.97 Å². The van der Waals surface area contributed by atoms with Crippen LogP contribution in [0.25, 0.3) is 0 Å². The highest BCUT2D eigenvalue weighted by Crippen LogP contribution is 2.32. The first-order valence-electron chi connectivity index (χ1n) is 4.41. The zero-order chi connectivity index (χ0) is 13.2. The molecule has 0 atom stereocenters. The number of hydrogen-bond acceptors (Lipinski definition) is 4. The molecule has 0 saturated carbocycles. The summed E-state index contributed by atoms with van der Waals surface area (Å²) in [6.45, 7) is 1.80. The molecule has 0 aliphatic carbocycles. The van der Waals surface area contributed by atoms with Crippen LogP contribution in [0.1, 0.15) is 17.3 Å². The van der Waals surface area contributed by atoms with E-state index in [0.717, 1.165) is 6.07 Å². The zero-order valence-electron chi connectivity index (χ0n) is 8.61. The highest BCUT2D eigenvalue weighted by atomic mass is 35.7. The normalized spacial score (nSPS) is 11.2.